The molecule has 1 atom stereocenters. The highest BCUT2D eigenvalue weighted by Gasteiger charge is 2.19. The molecule has 3 N–H and O–H groups in total. The normalized spacial score (nSPS) is 14.7. The van der Waals surface area contributed by atoms with Gasteiger partial charge in [-0.2, -0.15) is 0 Å². The minimum atomic E-state index is -0.831. The van der Waals surface area contributed by atoms with Crippen molar-refractivity contribution in [1.82, 2.24) is 10.6 Å². The van der Waals surface area contributed by atoms with Crippen molar-refractivity contribution in [1.29, 1.82) is 0 Å². The third kappa shape index (κ3) is 8.35. The Kier molecular flexibility index (Phi) is 7.29. The number of nitrogens with one attached hydrogen (secondary N) is 2. The number of hydrogen-bond donors (Lipinski definition) is 3. The van der Waals surface area contributed by atoms with E-state index in [9.17, 15) is 9.90 Å². The van der Waals surface area contributed by atoms with Crippen LogP contribution in [0, 0.1) is 0 Å². The van der Waals surface area contributed by atoms with Crippen molar-refractivity contribution in [3.8, 4) is 0 Å². The second kappa shape index (κ2) is 7.62. The highest BCUT2D eigenvalue weighted by molar-refractivity contribution is 5.77. The van der Waals surface area contributed by atoms with Gasteiger partial charge < -0.3 is 20.5 Å². The minimum Gasteiger partial charge on any atom is -0.389 e. The topological polar surface area (TPSA) is 70.6 Å². The molecule has 15 heavy (non-hydrogen) atoms. The van der Waals surface area contributed by atoms with Gasteiger partial charge in [0.2, 0.25) is 5.91 Å². The quantitative estimate of drug-likeness (QED) is 0.513. The molecule has 90 valence electrons. The SMILES string of the molecule is CCNC(=O)CNCC(C)(O)CCOC. The van der Waals surface area contributed by atoms with Crippen molar-refractivity contribution in [3.63, 3.8) is 0 Å². The molecule has 0 heterocycles. The molecule has 1 unspecified atom stereocenters. The average molecular weight is 218 g/mol. The van der Waals surface area contributed by atoms with Crippen LogP contribution in [0.25, 0.3) is 0 Å². The first-order valence-corrected chi connectivity index (χ1v) is 5.20. The third-order valence-corrected chi connectivity index (χ3v) is 2.01. The Bertz CT molecular complexity index is 184. The first-order valence-electron chi connectivity index (χ1n) is 5.20. The van der Waals surface area contributed by atoms with Gasteiger partial charge in [0.1, 0.15) is 0 Å². The number of carbonyl (C=O) groups is 1. The number of methoxy groups -OCH3 is 1. The van der Waals surface area contributed by atoms with E-state index < -0.39 is 5.60 Å². The first kappa shape index (κ1) is 14.3. The summed E-state index contributed by atoms with van der Waals surface area (Å²) < 4.78 is 4.88. The fraction of sp³-hybridized carbons (Fsp3) is 0.900. The number of carbonyl (C=O) groups excluding carboxylic acids is 1. The van der Waals surface area contributed by atoms with Crippen molar-refractivity contribution in [2.75, 3.05) is 33.4 Å². The van der Waals surface area contributed by atoms with Gasteiger partial charge in [0.15, 0.2) is 0 Å². The number of aliphatic hydroxyl groups is 1. The molecule has 0 spiro atoms. The Hall–Kier alpha value is -0.650. The lowest BCUT2D eigenvalue weighted by Crippen LogP contribution is -2.43. The van der Waals surface area contributed by atoms with Crippen LogP contribution in [0.2, 0.25) is 0 Å². The maximum Gasteiger partial charge on any atom is 0.233 e. The Labute approximate surface area is 91.2 Å². The van der Waals surface area contributed by atoms with Crippen LogP contribution in [0.4, 0.5) is 0 Å². The zero-order chi connectivity index (χ0) is 11.7. The largest absolute Gasteiger partial charge is 0.389 e. The van der Waals surface area contributed by atoms with E-state index in [0.717, 1.165) is 0 Å². The van der Waals surface area contributed by atoms with Gasteiger partial charge in [0.25, 0.3) is 0 Å². The summed E-state index contributed by atoms with van der Waals surface area (Å²) in [5.74, 6) is -0.0555. The summed E-state index contributed by atoms with van der Waals surface area (Å²) in [6.07, 6.45) is 0.548. The number of hydrogen-bond acceptors (Lipinski definition) is 4. The number of ether oxygens (including phenoxy) is 1. The highest BCUT2D eigenvalue weighted by atomic mass is 16.5. The molecule has 0 aromatic heterocycles. The standard InChI is InChI=1S/C10H22N2O3/c1-4-12-9(13)7-11-8-10(2,14)5-6-15-3/h11,14H,4-8H2,1-3H3,(H,12,13). The van der Waals surface area contributed by atoms with E-state index in [1.807, 2.05) is 6.92 Å². The summed E-state index contributed by atoms with van der Waals surface area (Å²) in [6.45, 7) is 5.34. The Morgan fingerprint density at radius 1 is 1.53 bits per heavy atom. The van der Waals surface area contributed by atoms with Gasteiger partial charge in [-0.1, -0.05) is 0 Å². The molecule has 0 aliphatic carbocycles. The van der Waals surface area contributed by atoms with E-state index in [1.54, 1.807) is 14.0 Å². The van der Waals surface area contributed by atoms with Crippen molar-refractivity contribution >= 4 is 5.91 Å². The number of rotatable bonds is 8. The summed E-state index contributed by atoms with van der Waals surface area (Å²) in [5.41, 5.74) is -0.831. The van der Waals surface area contributed by atoms with Gasteiger partial charge in [0.05, 0.1) is 12.1 Å². The van der Waals surface area contributed by atoms with Crippen molar-refractivity contribution in [2.45, 2.75) is 25.9 Å². The summed E-state index contributed by atoms with van der Waals surface area (Å²) in [5, 5.41) is 15.4. The molecule has 0 saturated carbocycles. The van der Waals surface area contributed by atoms with Crippen LogP contribution >= 0.6 is 0 Å². The van der Waals surface area contributed by atoms with E-state index in [1.165, 1.54) is 0 Å². The van der Waals surface area contributed by atoms with Crippen LogP contribution in [0.3, 0.4) is 0 Å². The minimum absolute atomic E-state index is 0.0555. The molecule has 0 aliphatic heterocycles. The monoisotopic (exact) mass is 218 g/mol. The van der Waals surface area contributed by atoms with Crippen LogP contribution in [0.15, 0.2) is 0 Å². The van der Waals surface area contributed by atoms with Gasteiger partial charge in [-0.05, 0) is 13.8 Å². The Morgan fingerprint density at radius 3 is 2.73 bits per heavy atom. The molecule has 0 bridgehead atoms. The molecule has 5 heteroatoms. The molecule has 0 fully saturated rings. The zero-order valence-corrected chi connectivity index (χ0v) is 9.80. The van der Waals surface area contributed by atoms with Crippen LogP contribution < -0.4 is 10.6 Å². The molecule has 0 saturated heterocycles. The van der Waals surface area contributed by atoms with Crippen LogP contribution in [0.1, 0.15) is 20.3 Å². The lowest BCUT2D eigenvalue weighted by Gasteiger charge is -2.23. The Morgan fingerprint density at radius 2 is 2.20 bits per heavy atom. The molecule has 0 aliphatic rings. The number of amides is 1. The number of likely N-dealkylation sites (N-methyl/N-ethyl adjacent to an activating group) is 1. The molecular formula is C10H22N2O3. The summed E-state index contributed by atoms with van der Waals surface area (Å²) >= 11 is 0. The van der Waals surface area contributed by atoms with E-state index in [0.29, 0.717) is 26.1 Å². The fourth-order valence-corrected chi connectivity index (χ4v) is 1.12. The average Bonchev–Trinajstić information content (AvgIpc) is 2.15. The molecular weight excluding hydrogens is 196 g/mol. The molecule has 0 radical (unpaired) electrons. The van der Waals surface area contributed by atoms with E-state index >= 15 is 0 Å². The zero-order valence-electron chi connectivity index (χ0n) is 9.80. The second-order valence-electron chi connectivity index (χ2n) is 3.80. The highest BCUT2D eigenvalue weighted by Crippen LogP contribution is 2.06. The maximum atomic E-state index is 11.1. The van der Waals surface area contributed by atoms with Crippen molar-refractivity contribution in [2.24, 2.45) is 0 Å². The van der Waals surface area contributed by atoms with Gasteiger partial charge in [-0.25, -0.2) is 0 Å². The van der Waals surface area contributed by atoms with Gasteiger partial charge in [-0.3, -0.25) is 4.79 Å². The lowest BCUT2D eigenvalue weighted by atomic mass is 10.0. The molecule has 0 aromatic carbocycles. The van der Waals surface area contributed by atoms with Crippen LogP contribution in [0.5, 0.6) is 0 Å². The van der Waals surface area contributed by atoms with E-state index in [2.05, 4.69) is 10.6 Å². The molecule has 1 amide bonds. The van der Waals surface area contributed by atoms with Gasteiger partial charge in [0, 0.05) is 33.2 Å². The van der Waals surface area contributed by atoms with Crippen LogP contribution in [-0.4, -0.2) is 50.0 Å². The predicted molar refractivity (Wildman–Crippen MR) is 58.7 cm³/mol. The first-order chi connectivity index (χ1) is 7.02. The van der Waals surface area contributed by atoms with Gasteiger partial charge in [-0.15, -0.1) is 0 Å². The lowest BCUT2D eigenvalue weighted by molar-refractivity contribution is -0.120. The third-order valence-electron chi connectivity index (χ3n) is 2.01. The van der Waals surface area contributed by atoms with Crippen LogP contribution in [-0.2, 0) is 9.53 Å². The molecule has 0 aromatic rings. The Balaban J connectivity index is 3.60. The predicted octanol–water partition coefficient (Wildman–Crippen LogP) is -0.500. The van der Waals surface area contributed by atoms with Crippen molar-refractivity contribution < 1.29 is 14.6 Å². The summed E-state index contributed by atoms with van der Waals surface area (Å²) in [4.78, 5) is 11.1. The second-order valence-corrected chi connectivity index (χ2v) is 3.80. The summed E-state index contributed by atoms with van der Waals surface area (Å²) in [7, 11) is 1.60. The molecule has 0 rings (SSSR count). The van der Waals surface area contributed by atoms with E-state index in [4.69, 9.17) is 4.74 Å². The van der Waals surface area contributed by atoms with Gasteiger partial charge >= 0.3 is 0 Å². The van der Waals surface area contributed by atoms with Crippen molar-refractivity contribution in [3.05, 3.63) is 0 Å². The molecule has 5 nitrogen and oxygen atoms in total. The fourth-order valence-electron chi connectivity index (χ4n) is 1.12. The van der Waals surface area contributed by atoms with E-state index in [-0.39, 0.29) is 12.5 Å². The smallest absolute Gasteiger partial charge is 0.233 e. The summed E-state index contributed by atoms with van der Waals surface area (Å²) in [6, 6.07) is 0. The maximum absolute atomic E-state index is 11.1.